The lowest BCUT2D eigenvalue weighted by atomic mass is 10.1. The van der Waals surface area contributed by atoms with Crippen LogP contribution in [0, 0.1) is 6.92 Å². The summed E-state index contributed by atoms with van der Waals surface area (Å²) in [5, 5.41) is 2.67. The Morgan fingerprint density at radius 1 is 1.20 bits per heavy atom. The van der Waals surface area contributed by atoms with Gasteiger partial charge in [-0.1, -0.05) is 6.07 Å². The number of carbonyl (C=O) groups is 2. The highest BCUT2D eigenvalue weighted by Crippen LogP contribution is 2.20. The third kappa shape index (κ3) is 2.59. The van der Waals surface area contributed by atoms with Crippen molar-refractivity contribution in [3.05, 3.63) is 53.3 Å². The Morgan fingerprint density at radius 3 is 2.60 bits per heavy atom. The molecule has 0 saturated carbocycles. The molecule has 0 radical (unpaired) electrons. The Kier molecular flexibility index (Phi) is 3.65. The van der Waals surface area contributed by atoms with Gasteiger partial charge in [-0.2, -0.15) is 0 Å². The number of amides is 2. The summed E-state index contributed by atoms with van der Waals surface area (Å²) < 4.78 is 0. The average Bonchev–Trinajstić information content (AvgIpc) is 2.41. The van der Waals surface area contributed by atoms with E-state index >= 15 is 0 Å². The lowest BCUT2D eigenvalue weighted by molar-refractivity contribution is 0.0995. The summed E-state index contributed by atoms with van der Waals surface area (Å²) in [4.78, 5) is 27.3. The summed E-state index contributed by atoms with van der Waals surface area (Å²) in [5.74, 6) is -0.983. The van der Waals surface area contributed by atoms with Crippen LogP contribution >= 0.6 is 0 Å². The molecule has 6 nitrogen and oxygen atoms in total. The number of hydrogen-bond acceptors (Lipinski definition) is 4. The van der Waals surface area contributed by atoms with Gasteiger partial charge in [0.1, 0.15) is 0 Å². The Balaban J connectivity index is 2.32. The number of pyridine rings is 1. The average molecular weight is 270 g/mol. The zero-order valence-corrected chi connectivity index (χ0v) is 10.9. The van der Waals surface area contributed by atoms with Gasteiger partial charge < -0.3 is 16.8 Å². The summed E-state index contributed by atoms with van der Waals surface area (Å²) in [6, 6.07) is 8.16. The molecule has 0 spiro atoms. The lowest BCUT2D eigenvalue weighted by Gasteiger charge is -2.11. The van der Waals surface area contributed by atoms with Gasteiger partial charge in [0.25, 0.3) is 5.91 Å². The maximum atomic E-state index is 12.1. The molecule has 0 fully saturated rings. The number of aromatic nitrogens is 1. The van der Waals surface area contributed by atoms with Crippen molar-refractivity contribution in [2.45, 2.75) is 6.92 Å². The summed E-state index contributed by atoms with van der Waals surface area (Å²) in [5.41, 5.74) is 12.8. The fraction of sp³-hybridized carbons (Fsp3) is 0.0714. The molecule has 0 bridgehead atoms. The van der Waals surface area contributed by atoms with Crippen molar-refractivity contribution in [3.63, 3.8) is 0 Å². The van der Waals surface area contributed by atoms with Gasteiger partial charge in [-0.3, -0.25) is 9.59 Å². The Labute approximate surface area is 115 Å². The number of nitrogens with zero attached hydrogens (tertiary/aromatic N) is 1. The second kappa shape index (κ2) is 5.40. The summed E-state index contributed by atoms with van der Waals surface area (Å²) >= 11 is 0. The van der Waals surface area contributed by atoms with Gasteiger partial charge in [0.15, 0.2) is 5.69 Å². The van der Waals surface area contributed by atoms with E-state index in [2.05, 4.69) is 10.3 Å². The predicted molar refractivity (Wildman–Crippen MR) is 76.3 cm³/mol. The van der Waals surface area contributed by atoms with Crippen LogP contribution in [0.2, 0.25) is 0 Å². The van der Waals surface area contributed by atoms with E-state index in [1.807, 2.05) is 0 Å². The van der Waals surface area contributed by atoms with E-state index in [1.54, 1.807) is 37.3 Å². The molecule has 102 valence electrons. The normalized spacial score (nSPS) is 10.1. The van der Waals surface area contributed by atoms with Crippen molar-refractivity contribution < 1.29 is 9.59 Å². The van der Waals surface area contributed by atoms with Gasteiger partial charge in [0.2, 0.25) is 5.91 Å². The van der Waals surface area contributed by atoms with Crippen molar-refractivity contribution >= 4 is 23.2 Å². The van der Waals surface area contributed by atoms with Crippen molar-refractivity contribution in [1.29, 1.82) is 0 Å². The van der Waals surface area contributed by atoms with Crippen LogP contribution in [-0.4, -0.2) is 16.8 Å². The molecule has 0 saturated heterocycles. The van der Waals surface area contributed by atoms with Crippen LogP contribution in [-0.2, 0) is 0 Å². The molecular formula is C14H14N4O2. The molecule has 2 aromatic rings. The van der Waals surface area contributed by atoms with Crippen LogP contribution < -0.4 is 16.8 Å². The van der Waals surface area contributed by atoms with Crippen LogP contribution in [0.15, 0.2) is 36.5 Å². The van der Waals surface area contributed by atoms with Crippen LogP contribution in [0.1, 0.15) is 26.4 Å². The van der Waals surface area contributed by atoms with E-state index in [9.17, 15) is 9.59 Å². The fourth-order valence-electron chi connectivity index (χ4n) is 1.83. The van der Waals surface area contributed by atoms with Crippen molar-refractivity contribution in [3.8, 4) is 0 Å². The molecule has 1 aromatic carbocycles. The molecule has 0 unspecified atom stereocenters. The summed E-state index contributed by atoms with van der Waals surface area (Å²) in [6.07, 6.45) is 1.48. The number of carbonyl (C=O) groups excluding carboxylic acids is 2. The molecular weight excluding hydrogens is 256 g/mol. The molecule has 1 heterocycles. The first kappa shape index (κ1) is 13.5. The molecule has 20 heavy (non-hydrogen) atoms. The molecule has 5 N–H and O–H groups in total. The molecule has 6 heteroatoms. The van der Waals surface area contributed by atoms with Crippen molar-refractivity contribution in [2.24, 2.45) is 5.73 Å². The van der Waals surface area contributed by atoms with Crippen LogP contribution in [0.3, 0.4) is 0 Å². The van der Waals surface area contributed by atoms with Gasteiger partial charge >= 0.3 is 0 Å². The Bertz CT molecular complexity index is 683. The first-order valence-corrected chi connectivity index (χ1v) is 5.92. The van der Waals surface area contributed by atoms with E-state index in [4.69, 9.17) is 11.5 Å². The van der Waals surface area contributed by atoms with E-state index in [0.717, 1.165) is 0 Å². The van der Waals surface area contributed by atoms with E-state index in [1.165, 1.54) is 6.20 Å². The second-order valence-corrected chi connectivity index (χ2v) is 4.24. The molecule has 0 aliphatic heterocycles. The number of hydrogen-bond donors (Lipinski definition) is 3. The number of nitrogen functional groups attached to an aromatic ring is 1. The molecule has 2 rings (SSSR count). The molecule has 1 aromatic heterocycles. The predicted octanol–water partition coefficient (Wildman–Crippen LogP) is 1.32. The minimum Gasteiger partial charge on any atom is -0.397 e. The zero-order valence-electron chi connectivity index (χ0n) is 10.9. The first-order chi connectivity index (χ1) is 9.50. The van der Waals surface area contributed by atoms with E-state index in [0.29, 0.717) is 16.8 Å². The number of anilines is 2. The third-order valence-electron chi connectivity index (χ3n) is 2.90. The highest BCUT2D eigenvalue weighted by molar-refractivity contribution is 6.07. The minimum absolute atomic E-state index is 0.136. The first-order valence-electron chi connectivity index (χ1n) is 5.92. The van der Waals surface area contributed by atoms with Crippen LogP contribution in [0.25, 0.3) is 0 Å². The lowest BCUT2D eigenvalue weighted by Crippen LogP contribution is -2.18. The van der Waals surface area contributed by atoms with Gasteiger partial charge in [0, 0.05) is 17.4 Å². The Morgan fingerprint density at radius 2 is 1.95 bits per heavy atom. The molecule has 2 amide bonds. The maximum Gasteiger partial charge on any atom is 0.276 e. The molecule has 0 atom stereocenters. The highest BCUT2D eigenvalue weighted by Gasteiger charge is 2.14. The zero-order chi connectivity index (χ0) is 14.7. The van der Waals surface area contributed by atoms with Gasteiger partial charge in [-0.05, 0) is 36.8 Å². The van der Waals surface area contributed by atoms with Gasteiger partial charge in [-0.15, -0.1) is 0 Å². The third-order valence-corrected chi connectivity index (χ3v) is 2.90. The number of benzene rings is 1. The van der Waals surface area contributed by atoms with Crippen molar-refractivity contribution in [2.75, 3.05) is 11.1 Å². The topological polar surface area (TPSA) is 111 Å². The van der Waals surface area contributed by atoms with Gasteiger partial charge in [0.05, 0.1) is 5.69 Å². The van der Waals surface area contributed by atoms with Crippen molar-refractivity contribution in [1.82, 2.24) is 4.98 Å². The smallest absolute Gasteiger partial charge is 0.276 e. The number of primary amides is 1. The van der Waals surface area contributed by atoms with E-state index in [-0.39, 0.29) is 11.4 Å². The maximum absolute atomic E-state index is 12.1. The Hall–Kier alpha value is -2.89. The number of nitrogens with one attached hydrogen (secondary N) is 1. The second-order valence-electron chi connectivity index (χ2n) is 4.24. The standard InChI is InChI=1S/C14H14N4O2/c1-8-9(13(16)19)4-2-6-11(8)18-14(20)12-10(15)5-3-7-17-12/h2-7H,15H2,1H3,(H2,16,19)(H,18,20). The number of rotatable bonds is 3. The largest absolute Gasteiger partial charge is 0.397 e. The van der Waals surface area contributed by atoms with Crippen LogP contribution in [0.4, 0.5) is 11.4 Å². The SMILES string of the molecule is Cc1c(NC(=O)c2ncccc2N)cccc1C(N)=O. The summed E-state index contributed by atoms with van der Waals surface area (Å²) in [7, 11) is 0. The van der Waals surface area contributed by atoms with Crippen LogP contribution in [0.5, 0.6) is 0 Å². The quantitative estimate of drug-likeness (QED) is 0.781. The molecule has 0 aliphatic rings. The van der Waals surface area contributed by atoms with Gasteiger partial charge in [-0.25, -0.2) is 4.98 Å². The number of nitrogens with two attached hydrogens (primary N) is 2. The minimum atomic E-state index is -0.545. The summed E-state index contributed by atoms with van der Waals surface area (Å²) in [6.45, 7) is 1.71. The monoisotopic (exact) mass is 270 g/mol. The van der Waals surface area contributed by atoms with E-state index < -0.39 is 11.8 Å². The fourth-order valence-corrected chi connectivity index (χ4v) is 1.83. The highest BCUT2D eigenvalue weighted by atomic mass is 16.2. The molecule has 0 aliphatic carbocycles.